The molecule has 5 rings (SSSR count). The van der Waals surface area contributed by atoms with E-state index in [2.05, 4.69) is 39.4 Å². The number of para-hydroxylation sites is 1. The van der Waals surface area contributed by atoms with Gasteiger partial charge in [-0.2, -0.15) is 0 Å². The highest BCUT2D eigenvalue weighted by molar-refractivity contribution is 7.99. The molecule has 0 spiro atoms. The Morgan fingerprint density at radius 1 is 0.941 bits per heavy atom. The molecule has 0 saturated carbocycles. The van der Waals surface area contributed by atoms with Crippen LogP contribution in [0.4, 0.5) is 0 Å². The third-order valence-corrected chi connectivity index (χ3v) is 7.87. The van der Waals surface area contributed by atoms with Crippen molar-refractivity contribution in [3.05, 3.63) is 82.7 Å². The first kappa shape index (κ1) is 23.1. The summed E-state index contributed by atoms with van der Waals surface area (Å²) in [7, 11) is 0. The number of thioether (sulfide) groups is 1. The molecule has 0 bridgehead atoms. The van der Waals surface area contributed by atoms with Crippen LogP contribution in [0.25, 0.3) is 16.4 Å². The van der Waals surface area contributed by atoms with Crippen LogP contribution < -0.4 is 0 Å². The summed E-state index contributed by atoms with van der Waals surface area (Å²) >= 11 is 9.52. The molecule has 1 aliphatic rings. The second kappa shape index (κ2) is 10.7. The lowest BCUT2D eigenvalue weighted by atomic mass is 10.2. The minimum Gasteiger partial charge on any atom is -0.339 e. The molecule has 0 aliphatic carbocycles. The Kier molecular flexibility index (Phi) is 7.30. The summed E-state index contributed by atoms with van der Waals surface area (Å²) in [6, 6.07) is 22.1. The third-order valence-electron chi connectivity index (χ3n) is 5.77. The summed E-state index contributed by atoms with van der Waals surface area (Å²) in [5.41, 5.74) is 2.11. The van der Waals surface area contributed by atoms with Crippen LogP contribution in [-0.4, -0.2) is 62.4 Å². The maximum atomic E-state index is 13.0. The Balaban J connectivity index is 1.25. The van der Waals surface area contributed by atoms with Gasteiger partial charge in [-0.3, -0.25) is 14.3 Å². The summed E-state index contributed by atoms with van der Waals surface area (Å²) in [5.74, 6) is 1.16. The van der Waals surface area contributed by atoms with Crippen molar-refractivity contribution >= 4 is 40.6 Å². The Hall–Kier alpha value is -2.65. The number of hydrogen-bond acceptors (Lipinski definition) is 6. The maximum Gasteiger partial charge on any atom is 0.233 e. The molecule has 9 heteroatoms. The van der Waals surface area contributed by atoms with Gasteiger partial charge in [-0.25, -0.2) is 0 Å². The molecule has 6 nitrogen and oxygen atoms in total. The number of carbonyl (C=O) groups excluding carboxylic acids is 1. The second-order valence-corrected chi connectivity index (χ2v) is 10.3. The van der Waals surface area contributed by atoms with Crippen molar-refractivity contribution in [2.75, 3.05) is 31.9 Å². The highest BCUT2D eigenvalue weighted by Crippen LogP contribution is 2.33. The Labute approximate surface area is 212 Å². The average Bonchev–Trinajstić information content (AvgIpc) is 3.54. The lowest BCUT2D eigenvalue weighted by Crippen LogP contribution is -2.48. The van der Waals surface area contributed by atoms with Crippen LogP contribution in [0.1, 0.15) is 5.56 Å². The van der Waals surface area contributed by atoms with Gasteiger partial charge in [-0.1, -0.05) is 71.9 Å². The van der Waals surface area contributed by atoms with Gasteiger partial charge in [-0.05, 0) is 29.1 Å². The molecule has 1 saturated heterocycles. The van der Waals surface area contributed by atoms with Crippen molar-refractivity contribution in [1.82, 2.24) is 24.6 Å². The van der Waals surface area contributed by atoms with Crippen LogP contribution in [0.15, 0.2) is 77.3 Å². The molecule has 0 unspecified atom stereocenters. The Morgan fingerprint density at radius 2 is 1.71 bits per heavy atom. The van der Waals surface area contributed by atoms with E-state index in [-0.39, 0.29) is 5.91 Å². The van der Waals surface area contributed by atoms with Gasteiger partial charge in [0.05, 0.1) is 21.3 Å². The summed E-state index contributed by atoms with van der Waals surface area (Å²) < 4.78 is 1.95. The van der Waals surface area contributed by atoms with Crippen LogP contribution in [-0.2, 0) is 11.3 Å². The van der Waals surface area contributed by atoms with E-state index in [0.29, 0.717) is 15.9 Å². The number of nitrogens with zero attached hydrogens (tertiary/aromatic N) is 5. The van der Waals surface area contributed by atoms with Crippen molar-refractivity contribution in [2.24, 2.45) is 0 Å². The standard InChI is InChI=1S/C25H24ClN5OS2/c26-20-9-4-5-10-21(20)31-24(22-11-6-16-33-22)27-28-25(31)34-18-23(32)30-14-12-29(13-15-30)17-19-7-2-1-3-8-19/h1-11,16H,12-15,17-18H2. The van der Waals surface area contributed by atoms with E-state index in [1.165, 1.54) is 17.3 Å². The van der Waals surface area contributed by atoms with Crippen LogP contribution in [0, 0.1) is 0 Å². The quantitative estimate of drug-likeness (QED) is 0.325. The predicted molar refractivity (Wildman–Crippen MR) is 139 cm³/mol. The number of piperazine rings is 1. The molecule has 1 fully saturated rings. The van der Waals surface area contributed by atoms with Gasteiger partial charge in [-0.15, -0.1) is 21.5 Å². The van der Waals surface area contributed by atoms with Gasteiger partial charge in [0.1, 0.15) is 0 Å². The van der Waals surface area contributed by atoms with E-state index >= 15 is 0 Å². The third kappa shape index (κ3) is 5.20. The van der Waals surface area contributed by atoms with Gasteiger partial charge in [0, 0.05) is 32.7 Å². The number of hydrogen-bond donors (Lipinski definition) is 0. The number of amides is 1. The van der Waals surface area contributed by atoms with E-state index in [4.69, 9.17) is 11.6 Å². The van der Waals surface area contributed by atoms with Crippen molar-refractivity contribution in [2.45, 2.75) is 11.7 Å². The lowest BCUT2D eigenvalue weighted by Gasteiger charge is -2.34. The molecule has 4 aromatic rings. The fourth-order valence-corrected chi connectivity index (χ4v) is 5.76. The van der Waals surface area contributed by atoms with Crippen LogP contribution in [0.2, 0.25) is 5.02 Å². The molecular weight excluding hydrogens is 486 g/mol. The van der Waals surface area contributed by atoms with Crippen molar-refractivity contribution < 1.29 is 4.79 Å². The van der Waals surface area contributed by atoms with E-state index in [9.17, 15) is 4.79 Å². The second-order valence-electron chi connectivity index (χ2n) is 8.00. The molecule has 2 aromatic heterocycles. The van der Waals surface area contributed by atoms with Crippen LogP contribution in [0.3, 0.4) is 0 Å². The first-order valence-corrected chi connectivity index (χ1v) is 13.3. The fourth-order valence-electron chi connectivity index (χ4n) is 3.99. The van der Waals surface area contributed by atoms with Gasteiger partial charge in [0.15, 0.2) is 11.0 Å². The SMILES string of the molecule is O=C(CSc1nnc(-c2cccs2)n1-c1ccccc1Cl)N1CCN(Cc2ccccc2)CC1. The summed E-state index contributed by atoms with van der Waals surface area (Å²) in [6.07, 6.45) is 0. The number of halogens is 1. The average molecular weight is 510 g/mol. The first-order valence-electron chi connectivity index (χ1n) is 11.1. The van der Waals surface area contributed by atoms with E-state index in [0.717, 1.165) is 49.1 Å². The zero-order chi connectivity index (χ0) is 23.3. The zero-order valence-corrected chi connectivity index (χ0v) is 20.9. The number of rotatable bonds is 7. The van der Waals surface area contributed by atoms with E-state index in [1.807, 2.05) is 57.3 Å². The van der Waals surface area contributed by atoms with Gasteiger partial charge < -0.3 is 4.90 Å². The molecule has 0 N–H and O–H groups in total. The van der Waals surface area contributed by atoms with E-state index < -0.39 is 0 Å². The summed E-state index contributed by atoms with van der Waals surface area (Å²) in [4.78, 5) is 18.3. The number of aromatic nitrogens is 3. The van der Waals surface area contributed by atoms with Crippen molar-refractivity contribution in [3.63, 3.8) is 0 Å². The molecule has 34 heavy (non-hydrogen) atoms. The highest BCUT2D eigenvalue weighted by atomic mass is 35.5. The number of thiophene rings is 1. The number of benzene rings is 2. The molecule has 2 aromatic carbocycles. The first-order chi connectivity index (χ1) is 16.7. The molecule has 1 amide bonds. The van der Waals surface area contributed by atoms with Crippen LogP contribution >= 0.6 is 34.7 Å². The zero-order valence-electron chi connectivity index (χ0n) is 18.5. The monoisotopic (exact) mass is 509 g/mol. The molecule has 0 atom stereocenters. The van der Waals surface area contributed by atoms with Gasteiger partial charge in [0.25, 0.3) is 0 Å². The summed E-state index contributed by atoms with van der Waals surface area (Å²) in [6.45, 7) is 4.16. The minimum atomic E-state index is 0.121. The molecule has 1 aliphatic heterocycles. The Bertz CT molecular complexity index is 1240. The fraction of sp³-hybridized carbons (Fsp3) is 0.240. The highest BCUT2D eigenvalue weighted by Gasteiger charge is 2.23. The topological polar surface area (TPSA) is 54.3 Å². The smallest absolute Gasteiger partial charge is 0.233 e. The number of carbonyl (C=O) groups is 1. The molecule has 0 radical (unpaired) electrons. The van der Waals surface area contributed by atoms with Gasteiger partial charge >= 0.3 is 0 Å². The van der Waals surface area contributed by atoms with Crippen LogP contribution in [0.5, 0.6) is 0 Å². The largest absolute Gasteiger partial charge is 0.339 e. The Morgan fingerprint density at radius 3 is 2.44 bits per heavy atom. The summed E-state index contributed by atoms with van der Waals surface area (Å²) in [5, 5.41) is 12.1. The molecule has 174 valence electrons. The lowest BCUT2D eigenvalue weighted by molar-refractivity contribution is -0.130. The van der Waals surface area contributed by atoms with E-state index in [1.54, 1.807) is 11.3 Å². The van der Waals surface area contributed by atoms with Crippen molar-refractivity contribution in [3.8, 4) is 16.4 Å². The van der Waals surface area contributed by atoms with Gasteiger partial charge in [0.2, 0.25) is 5.91 Å². The molecule has 3 heterocycles. The minimum absolute atomic E-state index is 0.121. The van der Waals surface area contributed by atoms with Crippen molar-refractivity contribution in [1.29, 1.82) is 0 Å². The molecular formula is C25H24ClN5OS2. The predicted octanol–water partition coefficient (Wildman–Crippen LogP) is 5.09. The maximum absolute atomic E-state index is 13.0. The normalized spacial score (nSPS) is 14.4.